The molecule has 0 bridgehead atoms. The van der Waals surface area contributed by atoms with Gasteiger partial charge in [-0.3, -0.25) is 4.79 Å². The van der Waals surface area contributed by atoms with Crippen LogP contribution in [0, 0.1) is 19.0 Å². The number of hydrogen-bond acceptors (Lipinski definition) is 3. The van der Waals surface area contributed by atoms with E-state index in [4.69, 9.17) is 0 Å². The quantitative estimate of drug-likeness (QED) is 0.585. The Hall–Kier alpha value is -0.0900. The average Bonchev–Trinajstić information content (AvgIpc) is 2.96. The van der Waals surface area contributed by atoms with Crippen LogP contribution in [0.2, 0.25) is 0 Å². The number of halogens is 2. The van der Waals surface area contributed by atoms with Crippen molar-refractivity contribution in [2.75, 3.05) is 13.1 Å². The lowest BCUT2D eigenvalue weighted by atomic mass is 10.00. The standard InChI is InChI=1S/C14H15I2NO3/c15-8-3-9(13(19)11(16)4-8)14(20)17-5-7-1-2-12(18)10(7)6-17/h3-4,7,10,12,18-19H,1-2,5-6H2. The Morgan fingerprint density at radius 2 is 2.00 bits per heavy atom. The fourth-order valence-corrected chi connectivity index (χ4v) is 5.15. The van der Waals surface area contributed by atoms with Crippen molar-refractivity contribution in [3.8, 4) is 5.75 Å². The number of hydrogen-bond donors (Lipinski definition) is 2. The van der Waals surface area contributed by atoms with E-state index in [-0.39, 0.29) is 23.7 Å². The van der Waals surface area contributed by atoms with E-state index in [1.165, 1.54) is 0 Å². The van der Waals surface area contributed by atoms with Crippen molar-refractivity contribution in [1.82, 2.24) is 4.90 Å². The van der Waals surface area contributed by atoms with Crippen molar-refractivity contribution in [2.24, 2.45) is 11.8 Å². The lowest BCUT2D eigenvalue weighted by Crippen LogP contribution is -2.31. The number of phenols is 1. The van der Waals surface area contributed by atoms with Crippen LogP contribution in [-0.4, -0.2) is 40.2 Å². The molecule has 1 saturated carbocycles. The molecule has 0 radical (unpaired) electrons. The van der Waals surface area contributed by atoms with Crippen LogP contribution in [0.1, 0.15) is 23.2 Å². The number of rotatable bonds is 1. The van der Waals surface area contributed by atoms with Gasteiger partial charge in [-0.1, -0.05) is 0 Å². The lowest BCUT2D eigenvalue weighted by molar-refractivity contribution is 0.0749. The van der Waals surface area contributed by atoms with E-state index >= 15 is 0 Å². The number of aromatic hydroxyl groups is 1. The number of aliphatic hydroxyl groups is 1. The minimum atomic E-state index is -0.276. The molecule has 1 saturated heterocycles. The molecule has 1 amide bonds. The van der Waals surface area contributed by atoms with Gasteiger partial charge >= 0.3 is 0 Å². The van der Waals surface area contributed by atoms with Crippen molar-refractivity contribution in [1.29, 1.82) is 0 Å². The summed E-state index contributed by atoms with van der Waals surface area (Å²) in [5, 5.41) is 20.0. The summed E-state index contributed by atoms with van der Waals surface area (Å²) in [5.74, 6) is 0.565. The van der Waals surface area contributed by atoms with Gasteiger partial charge in [-0.15, -0.1) is 0 Å². The molecular weight excluding hydrogens is 484 g/mol. The first-order valence-electron chi connectivity index (χ1n) is 6.62. The van der Waals surface area contributed by atoms with Gasteiger partial charge in [0.25, 0.3) is 5.91 Å². The van der Waals surface area contributed by atoms with Crippen LogP contribution in [0.15, 0.2) is 12.1 Å². The maximum Gasteiger partial charge on any atom is 0.257 e. The van der Waals surface area contributed by atoms with E-state index in [2.05, 4.69) is 22.6 Å². The molecule has 108 valence electrons. The smallest absolute Gasteiger partial charge is 0.257 e. The van der Waals surface area contributed by atoms with E-state index in [9.17, 15) is 15.0 Å². The van der Waals surface area contributed by atoms with E-state index in [0.717, 1.165) is 16.4 Å². The zero-order chi connectivity index (χ0) is 14.4. The fourth-order valence-electron chi connectivity index (χ4n) is 3.30. The van der Waals surface area contributed by atoms with Crippen LogP contribution in [0.5, 0.6) is 5.75 Å². The van der Waals surface area contributed by atoms with E-state index in [1.807, 2.05) is 28.7 Å². The highest BCUT2D eigenvalue weighted by Crippen LogP contribution is 2.39. The average molecular weight is 499 g/mol. The Kier molecular flexibility index (Phi) is 4.15. The van der Waals surface area contributed by atoms with Crippen molar-refractivity contribution in [3.05, 3.63) is 24.8 Å². The van der Waals surface area contributed by atoms with E-state index in [1.54, 1.807) is 11.0 Å². The van der Waals surface area contributed by atoms with Gasteiger partial charge in [-0.05, 0) is 76.1 Å². The molecule has 2 N–H and O–H groups in total. The van der Waals surface area contributed by atoms with E-state index < -0.39 is 0 Å². The van der Waals surface area contributed by atoms with Crippen molar-refractivity contribution in [3.63, 3.8) is 0 Å². The number of amides is 1. The highest BCUT2D eigenvalue weighted by Gasteiger charge is 2.43. The molecule has 1 heterocycles. The number of aliphatic hydroxyl groups excluding tert-OH is 1. The number of nitrogens with zero attached hydrogens (tertiary/aromatic N) is 1. The zero-order valence-corrected chi connectivity index (χ0v) is 15.0. The number of likely N-dealkylation sites (tertiary alicyclic amines) is 1. The lowest BCUT2D eigenvalue weighted by Gasteiger charge is -2.19. The molecule has 3 rings (SSSR count). The summed E-state index contributed by atoms with van der Waals surface area (Å²) in [4.78, 5) is 14.4. The SMILES string of the molecule is O=C(c1cc(I)cc(I)c1O)N1CC2CCC(O)C2C1. The highest BCUT2D eigenvalue weighted by molar-refractivity contribution is 14.1. The number of phenolic OH excluding ortho intramolecular Hbond substituents is 1. The van der Waals surface area contributed by atoms with Gasteiger partial charge in [0.05, 0.1) is 15.2 Å². The third-order valence-corrected chi connectivity index (χ3v) is 5.81. The second kappa shape index (κ2) is 5.60. The van der Waals surface area contributed by atoms with Crippen LogP contribution < -0.4 is 0 Å². The first kappa shape index (κ1) is 14.8. The molecule has 20 heavy (non-hydrogen) atoms. The van der Waals surface area contributed by atoms with Crippen LogP contribution in [0.25, 0.3) is 0 Å². The summed E-state index contributed by atoms with van der Waals surface area (Å²) in [6, 6.07) is 3.57. The second-order valence-electron chi connectivity index (χ2n) is 5.56. The van der Waals surface area contributed by atoms with Gasteiger partial charge in [-0.2, -0.15) is 0 Å². The number of fused-ring (bicyclic) bond motifs is 1. The van der Waals surface area contributed by atoms with Crippen molar-refractivity contribution in [2.45, 2.75) is 18.9 Å². The molecule has 1 aliphatic carbocycles. The first-order chi connectivity index (χ1) is 9.47. The molecule has 4 nitrogen and oxygen atoms in total. The molecule has 3 unspecified atom stereocenters. The number of carbonyl (C=O) groups excluding carboxylic acids is 1. The number of carbonyl (C=O) groups is 1. The summed E-state index contributed by atoms with van der Waals surface area (Å²) in [5.41, 5.74) is 0.371. The third-order valence-electron chi connectivity index (χ3n) is 4.36. The molecule has 2 fully saturated rings. The minimum absolute atomic E-state index is 0.0635. The summed E-state index contributed by atoms with van der Waals surface area (Å²) in [6.07, 6.45) is 1.57. The molecule has 3 atom stereocenters. The summed E-state index contributed by atoms with van der Waals surface area (Å²) < 4.78 is 1.63. The molecule has 0 spiro atoms. The molecule has 1 aliphatic heterocycles. The predicted molar refractivity (Wildman–Crippen MR) is 91.7 cm³/mol. The van der Waals surface area contributed by atoms with Gasteiger partial charge in [-0.25, -0.2) is 0 Å². The Morgan fingerprint density at radius 1 is 1.25 bits per heavy atom. The summed E-state index contributed by atoms with van der Waals surface area (Å²) in [7, 11) is 0. The van der Waals surface area contributed by atoms with Gasteiger partial charge < -0.3 is 15.1 Å². The van der Waals surface area contributed by atoms with Gasteiger partial charge in [0, 0.05) is 22.6 Å². The van der Waals surface area contributed by atoms with Gasteiger partial charge in [0.1, 0.15) is 5.75 Å². The first-order valence-corrected chi connectivity index (χ1v) is 8.78. The predicted octanol–water partition coefficient (Wildman–Crippen LogP) is 2.44. The van der Waals surface area contributed by atoms with Crippen LogP contribution >= 0.6 is 45.2 Å². The Balaban J connectivity index is 1.84. The van der Waals surface area contributed by atoms with Crippen LogP contribution in [-0.2, 0) is 0 Å². The summed E-state index contributed by atoms with van der Waals surface area (Å²) >= 11 is 4.18. The largest absolute Gasteiger partial charge is 0.506 e. The van der Waals surface area contributed by atoms with Crippen LogP contribution in [0.3, 0.4) is 0 Å². The molecule has 0 aromatic heterocycles. The molecule has 6 heteroatoms. The molecule has 1 aromatic rings. The second-order valence-corrected chi connectivity index (χ2v) is 7.97. The fraction of sp³-hybridized carbons (Fsp3) is 0.500. The maximum absolute atomic E-state index is 12.6. The van der Waals surface area contributed by atoms with Gasteiger partial charge in [0.2, 0.25) is 0 Å². The van der Waals surface area contributed by atoms with Gasteiger partial charge in [0.15, 0.2) is 0 Å². The van der Waals surface area contributed by atoms with E-state index in [0.29, 0.717) is 28.1 Å². The summed E-state index contributed by atoms with van der Waals surface area (Å²) in [6.45, 7) is 1.30. The Bertz CT molecular complexity index is 564. The Labute approximate surface area is 144 Å². The monoisotopic (exact) mass is 499 g/mol. The van der Waals surface area contributed by atoms with Crippen molar-refractivity contribution < 1.29 is 15.0 Å². The Morgan fingerprint density at radius 3 is 2.70 bits per heavy atom. The molecular formula is C14H15I2NO3. The topological polar surface area (TPSA) is 60.8 Å². The number of benzene rings is 1. The maximum atomic E-state index is 12.6. The van der Waals surface area contributed by atoms with Crippen LogP contribution in [0.4, 0.5) is 0 Å². The molecule has 2 aliphatic rings. The van der Waals surface area contributed by atoms with Crippen molar-refractivity contribution >= 4 is 51.1 Å². The molecule has 1 aromatic carbocycles. The minimum Gasteiger partial charge on any atom is -0.506 e. The highest BCUT2D eigenvalue weighted by atomic mass is 127. The normalized spacial score (nSPS) is 28.8. The third kappa shape index (κ3) is 2.54. The zero-order valence-electron chi connectivity index (χ0n) is 10.7.